The van der Waals surface area contributed by atoms with Crippen LogP contribution in [0.3, 0.4) is 0 Å². The number of benzene rings is 2. The summed E-state index contributed by atoms with van der Waals surface area (Å²) in [7, 11) is 0. The summed E-state index contributed by atoms with van der Waals surface area (Å²) in [5, 5.41) is 2.77. The summed E-state index contributed by atoms with van der Waals surface area (Å²) in [6.07, 6.45) is -1.18. The second-order valence-electron chi connectivity index (χ2n) is 6.11. The van der Waals surface area contributed by atoms with Gasteiger partial charge in [-0.3, -0.25) is 4.79 Å². The summed E-state index contributed by atoms with van der Waals surface area (Å²) in [5.74, 6) is -0.296. The van der Waals surface area contributed by atoms with Crippen molar-refractivity contribution >= 4 is 11.9 Å². The van der Waals surface area contributed by atoms with Crippen LogP contribution in [0.4, 0.5) is 0 Å². The number of carbonyl (C=O) groups excluding carboxylic acids is 2. The van der Waals surface area contributed by atoms with Crippen LogP contribution in [0, 0.1) is 6.92 Å². The highest BCUT2D eigenvalue weighted by molar-refractivity contribution is 5.84. The van der Waals surface area contributed by atoms with Crippen LogP contribution in [-0.4, -0.2) is 24.1 Å². The minimum Gasteiger partial charge on any atom is -0.479 e. The van der Waals surface area contributed by atoms with Gasteiger partial charge in [0.05, 0.1) is 0 Å². The molecule has 1 amide bonds. The van der Waals surface area contributed by atoms with Crippen molar-refractivity contribution in [2.24, 2.45) is 0 Å². The Hall–Kier alpha value is -2.82. The normalized spacial score (nSPS) is 12.7. The monoisotopic (exact) mass is 355 g/mol. The van der Waals surface area contributed by atoms with Crippen molar-refractivity contribution in [3.8, 4) is 5.75 Å². The average molecular weight is 355 g/mol. The fraction of sp³-hybridized carbons (Fsp3) is 0.333. The molecule has 0 saturated heterocycles. The number of esters is 1. The molecule has 0 radical (unpaired) electrons. The number of hydrogen-bond acceptors (Lipinski definition) is 4. The molecule has 26 heavy (non-hydrogen) atoms. The number of rotatable bonds is 8. The Balaban J connectivity index is 1.84. The molecule has 0 saturated carbocycles. The third-order valence-electron chi connectivity index (χ3n) is 3.90. The summed E-state index contributed by atoms with van der Waals surface area (Å²) in [6.45, 7) is 5.78. The molecule has 0 spiro atoms. The van der Waals surface area contributed by atoms with Crippen molar-refractivity contribution in [3.63, 3.8) is 0 Å². The molecular weight excluding hydrogens is 330 g/mol. The lowest BCUT2D eigenvalue weighted by atomic mass is 10.1. The molecule has 2 rings (SSSR count). The SMILES string of the molecule is CC[C@H](Oc1ccccc1)C(=O)O[C@H](C)C(=O)NCc1ccc(C)cc1. The summed E-state index contributed by atoms with van der Waals surface area (Å²) in [6, 6.07) is 16.9. The van der Waals surface area contributed by atoms with Crippen LogP contribution in [0.5, 0.6) is 5.75 Å². The smallest absolute Gasteiger partial charge is 0.348 e. The second kappa shape index (κ2) is 9.61. The number of hydrogen-bond donors (Lipinski definition) is 1. The molecule has 5 heteroatoms. The van der Waals surface area contributed by atoms with E-state index in [-0.39, 0.29) is 5.91 Å². The molecule has 0 aliphatic carbocycles. The highest BCUT2D eigenvalue weighted by atomic mass is 16.6. The molecule has 2 aromatic carbocycles. The van der Waals surface area contributed by atoms with Gasteiger partial charge in [-0.05, 0) is 38.0 Å². The van der Waals surface area contributed by atoms with Crippen LogP contribution >= 0.6 is 0 Å². The second-order valence-corrected chi connectivity index (χ2v) is 6.11. The molecule has 0 fully saturated rings. The molecule has 0 unspecified atom stereocenters. The largest absolute Gasteiger partial charge is 0.479 e. The third-order valence-corrected chi connectivity index (χ3v) is 3.90. The van der Waals surface area contributed by atoms with Crippen LogP contribution in [0.1, 0.15) is 31.4 Å². The van der Waals surface area contributed by atoms with Crippen LogP contribution in [0.2, 0.25) is 0 Å². The maximum atomic E-state index is 12.3. The van der Waals surface area contributed by atoms with E-state index >= 15 is 0 Å². The first-order chi connectivity index (χ1) is 12.5. The molecule has 0 aliphatic heterocycles. The third kappa shape index (κ3) is 5.92. The van der Waals surface area contributed by atoms with Gasteiger partial charge in [-0.1, -0.05) is 55.0 Å². The molecule has 2 aromatic rings. The fourth-order valence-electron chi connectivity index (χ4n) is 2.30. The maximum absolute atomic E-state index is 12.3. The van der Waals surface area contributed by atoms with Gasteiger partial charge in [0.15, 0.2) is 12.2 Å². The Bertz CT molecular complexity index is 713. The molecule has 138 valence electrons. The van der Waals surface area contributed by atoms with Gasteiger partial charge in [0.2, 0.25) is 0 Å². The first-order valence-electron chi connectivity index (χ1n) is 8.75. The van der Waals surface area contributed by atoms with Crippen LogP contribution in [-0.2, 0) is 20.9 Å². The van der Waals surface area contributed by atoms with Gasteiger partial charge in [-0.15, -0.1) is 0 Å². The number of para-hydroxylation sites is 1. The van der Waals surface area contributed by atoms with Gasteiger partial charge >= 0.3 is 5.97 Å². The van der Waals surface area contributed by atoms with Gasteiger partial charge < -0.3 is 14.8 Å². The van der Waals surface area contributed by atoms with E-state index in [0.717, 1.165) is 11.1 Å². The van der Waals surface area contributed by atoms with E-state index < -0.39 is 18.2 Å². The van der Waals surface area contributed by atoms with E-state index in [1.807, 2.05) is 56.3 Å². The van der Waals surface area contributed by atoms with Crippen molar-refractivity contribution in [3.05, 3.63) is 65.7 Å². The Kier molecular flexibility index (Phi) is 7.21. The quantitative estimate of drug-likeness (QED) is 0.737. The average Bonchev–Trinajstić information content (AvgIpc) is 2.66. The predicted molar refractivity (Wildman–Crippen MR) is 99.7 cm³/mol. The molecule has 0 aromatic heterocycles. The zero-order chi connectivity index (χ0) is 18.9. The molecule has 1 N–H and O–H groups in total. The summed E-state index contributed by atoms with van der Waals surface area (Å²) in [4.78, 5) is 24.4. The zero-order valence-corrected chi connectivity index (χ0v) is 15.4. The topological polar surface area (TPSA) is 64.6 Å². The van der Waals surface area contributed by atoms with Gasteiger partial charge in [-0.2, -0.15) is 0 Å². The minimum absolute atomic E-state index is 0.339. The van der Waals surface area contributed by atoms with Gasteiger partial charge in [0.25, 0.3) is 5.91 Å². The Labute approximate surface area is 154 Å². The van der Waals surface area contributed by atoms with Crippen molar-refractivity contribution in [2.75, 3.05) is 0 Å². The summed E-state index contributed by atoms with van der Waals surface area (Å²) >= 11 is 0. The number of aryl methyl sites for hydroxylation is 1. The molecular formula is C21H25NO4. The minimum atomic E-state index is -0.888. The predicted octanol–water partition coefficient (Wildman–Crippen LogP) is 3.40. The lowest BCUT2D eigenvalue weighted by Gasteiger charge is -2.19. The van der Waals surface area contributed by atoms with Crippen LogP contribution in [0.25, 0.3) is 0 Å². The van der Waals surface area contributed by atoms with Gasteiger partial charge in [-0.25, -0.2) is 4.79 Å². The Morgan fingerprint density at radius 2 is 1.69 bits per heavy atom. The lowest BCUT2D eigenvalue weighted by molar-refractivity contribution is -0.161. The van der Waals surface area contributed by atoms with Crippen molar-refractivity contribution in [1.29, 1.82) is 0 Å². The first kappa shape index (κ1) is 19.5. The summed E-state index contributed by atoms with van der Waals surface area (Å²) in [5.41, 5.74) is 2.15. The molecule has 2 atom stereocenters. The molecule has 0 aliphatic rings. The molecule has 0 bridgehead atoms. The van der Waals surface area contributed by atoms with E-state index in [1.54, 1.807) is 19.1 Å². The highest BCUT2D eigenvalue weighted by Gasteiger charge is 2.25. The number of carbonyl (C=O) groups is 2. The van der Waals surface area contributed by atoms with E-state index in [1.165, 1.54) is 0 Å². The first-order valence-corrected chi connectivity index (χ1v) is 8.75. The van der Waals surface area contributed by atoms with E-state index in [4.69, 9.17) is 9.47 Å². The van der Waals surface area contributed by atoms with Crippen LogP contribution in [0.15, 0.2) is 54.6 Å². The number of nitrogens with one attached hydrogen (secondary N) is 1. The van der Waals surface area contributed by atoms with Gasteiger partial charge in [0, 0.05) is 6.54 Å². The standard InChI is InChI=1S/C21H25NO4/c1-4-19(26-18-8-6-5-7-9-18)21(24)25-16(3)20(23)22-14-17-12-10-15(2)11-13-17/h5-13,16,19H,4,14H2,1-3H3,(H,22,23)/t16-,19+/m1/s1. The van der Waals surface area contributed by atoms with E-state index in [2.05, 4.69) is 5.32 Å². The summed E-state index contributed by atoms with van der Waals surface area (Å²) < 4.78 is 10.9. The highest BCUT2D eigenvalue weighted by Crippen LogP contribution is 2.14. The molecule has 0 heterocycles. The lowest BCUT2D eigenvalue weighted by Crippen LogP contribution is -2.39. The number of amides is 1. The van der Waals surface area contributed by atoms with Gasteiger partial charge in [0.1, 0.15) is 5.75 Å². The van der Waals surface area contributed by atoms with Crippen molar-refractivity contribution in [2.45, 2.75) is 45.9 Å². The molecule has 5 nitrogen and oxygen atoms in total. The fourth-order valence-corrected chi connectivity index (χ4v) is 2.30. The Morgan fingerprint density at radius 3 is 2.31 bits per heavy atom. The zero-order valence-electron chi connectivity index (χ0n) is 15.4. The maximum Gasteiger partial charge on any atom is 0.348 e. The number of ether oxygens (including phenoxy) is 2. The van der Waals surface area contributed by atoms with Crippen molar-refractivity contribution < 1.29 is 19.1 Å². The Morgan fingerprint density at radius 1 is 1.04 bits per heavy atom. The van der Waals surface area contributed by atoms with E-state index in [0.29, 0.717) is 18.7 Å². The van der Waals surface area contributed by atoms with E-state index in [9.17, 15) is 9.59 Å². The van der Waals surface area contributed by atoms with Crippen molar-refractivity contribution in [1.82, 2.24) is 5.32 Å². The van der Waals surface area contributed by atoms with Crippen LogP contribution < -0.4 is 10.1 Å².